The van der Waals surface area contributed by atoms with Gasteiger partial charge in [0.15, 0.2) is 5.89 Å². The van der Waals surface area contributed by atoms with Gasteiger partial charge in [-0.25, -0.2) is 18.1 Å². The van der Waals surface area contributed by atoms with Gasteiger partial charge in [0.05, 0.1) is 16.8 Å². The summed E-state index contributed by atoms with van der Waals surface area (Å²) in [5, 5.41) is 0. The van der Waals surface area contributed by atoms with Gasteiger partial charge in [0, 0.05) is 38.2 Å². The van der Waals surface area contributed by atoms with Crippen LogP contribution in [0.5, 0.6) is 0 Å². The molecule has 29 heavy (non-hydrogen) atoms. The van der Waals surface area contributed by atoms with Crippen molar-refractivity contribution in [1.29, 1.82) is 0 Å². The Balaban J connectivity index is 1.46. The molecule has 150 valence electrons. The normalized spacial score (nSPS) is 14.5. The molecule has 0 radical (unpaired) electrons. The van der Waals surface area contributed by atoms with E-state index in [0.717, 1.165) is 12.0 Å². The Kier molecular flexibility index (Phi) is 5.16. The Morgan fingerprint density at radius 2 is 2.00 bits per heavy atom. The van der Waals surface area contributed by atoms with Crippen LogP contribution in [0.25, 0.3) is 11.3 Å². The molecule has 1 aliphatic rings. The first kappa shape index (κ1) is 19.3. The molecule has 1 fully saturated rings. The van der Waals surface area contributed by atoms with Crippen LogP contribution in [0.4, 0.5) is 5.69 Å². The number of pyridine rings is 1. The number of nitrogens with one attached hydrogen (secondary N) is 1. The molecule has 0 saturated carbocycles. The molecule has 3 heterocycles. The number of rotatable bonds is 6. The Hall–Kier alpha value is -3.04. The van der Waals surface area contributed by atoms with Crippen molar-refractivity contribution in [2.45, 2.75) is 31.2 Å². The first-order chi connectivity index (χ1) is 13.9. The van der Waals surface area contributed by atoms with Gasteiger partial charge in [0.2, 0.25) is 15.9 Å². The maximum Gasteiger partial charge on any atom is 0.240 e. The van der Waals surface area contributed by atoms with Crippen molar-refractivity contribution in [2.75, 3.05) is 11.4 Å². The van der Waals surface area contributed by atoms with Crippen LogP contribution >= 0.6 is 0 Å². The highest BCUT2D eigenvalue weighted by atomic mass is 32.2. The summed E-state index contributed by atoms with van der Waals surface area (Å²) in [6, 6.07) is 8.22. The van der Waals surface area contributed by atoms with E-state index in [9.17, 15) is 13.2 Å². The minimum atomic E-state index is -3.70. The molecule has 1 aliphatic heterocycles. The smallest absolute Gasteiger partial charge is 0.240 e. The standard InChI is InChI=1S/C20H20N4O4S/c1-14-23-19(13-28-14)16-4-6-18(7-5-16)29(26,27)22-11-15-9-17(12-21-10-15)24-8-2-3-20(24)25/h4-7,9-10,12-13,22H,2-3,8,11H2,1H3. The number of carbonyl (C=O) groups is 1. The number of hydrogen-bond acceptors (Lipinski definition) is 6. The number of benzene rings is 1. The molecule has 1 saturated heterocycles. The van der Waals surface area contributed by atoms with E-state index in [4.69, 9.17) is 4.42 Å². The molecule has 3 aromatic rings. The lowest BCUT2D eigenvalue weighted by Gasteiger charge is -2.16. The molecule has 9 heteroatoms. The average Bonchev–Trinajstić information content (AvgIpc) is 3.35. The number of aromatic nitrogens is 2. The van der Waals surface area contributed by atoms with Crippen LogP contribution in [0.1, 0.15) is 24.3 Å². The van der Waals surface area contributed by atoms with Crippen molar-refractivity contribution in [3.05, 3.63) is 60.4 Å². The zero-order valence-corrected chi connectivity index (χ0v) is 16.6. The third-order valence-corrected chi connectivity index (χ3v) is 6.13. The second-order valence-electron chi connectivity index (χ2n) is 6.80. The quantitative estimate of drug-likeness (QED) is 0.667. The lowest BCUT2D eigenvalue weighted by atomic mass is 10.2. The van der Waals surface area contributed by atoms with E-state index < -0.39 is 10.0 Å². The van der Waals surface area contributed by atoms with Crippen LogP contribution in [-0.4, -0.2) is 30.8 Å². The zero-order valence-electron chi connectivity index (χ0n) is 15.8. The van der Waals surface area contributed by atoms with Crippen LogP contribution in [-0.2, 0) is 21.4 Å². The average molecular weight is 412 g/mol. The number of amides is 1. The van der Waals surface area contributed by atoms with E-state index >= 15 is 0 Å². The van der Waals surface area contributed by atoms with Crippen molar-refractivity contribution in [3.8, 4) is 11.3 Å². The molecule has 4 rings (SSSR count). The van der Waals surface area contributed by atoms with Crippen LogP contribution in [0, 0.1) is 6.92 Å². The second-order valence-corrected chi connectivity index (χ2v) is 8.57. The summed E-state index contributed by atoms with van der Waals surface area (Å²) in [7, 11) is -3.70. The molecule has 1 aromatic carbocycles. The predicted octanol–water partition coefficient (Wildman–Crippen LogP) is 2.65. The van der Waals surface area contributed by atoms with E-state index in [1.807, 2.05) is 0 Å². The molecule has 2 aromatic heterocycles. The first-order valence-electron chi connectivity index (χ1n) is 9.19. The SMILES string of the molecule is Cc1nc(-c2ccc(S(=O)(=O)NCc3cncc(N4CCCC4=O)c3)cc2)co1. The van der Waals surface area contributed by atoms with Gasteiger partial charge in [0.25, 0.3) is 0 Å². The molecule has 1 N–H and O–H groups in total. The molecule has 8 nitrogen and oxygen atoms in total. The number of carbonyl (C=O) groups excluding carboxylic acids is 1. The highest BCUT2D eigenvalue weighted by molar-refractivity contribution is 7.89. The fraction of sp³-hybridized carbons (Fsp3) is 0.250. The van der Waals surface area contributed by atoms with Crippen molar-refractivity contribution in [1.82, 2.24) is 14.7 Å². The zero-order chi connectivity index (χ0) is 20.4. The van der Waals surface area contributed by atoms with Gasteiger partial charge in [-0.3, -0.25) is 9.78 Å². The van der Waals surface area contributed by atoms with Crippen molar-refractivity contribution in [3.63, 3.8) is 0 Å². The highest BCUT2D eigenvalue weighted by Crippen LogP contribution is 2.22. The minimum absolute atomic E-state index is 0.0620. The first-order valence-corrected chi connectivity index (χ1v) is 10.7. The summed E-state index contributed by atoms with van der Waals surface area (Å²) in [5.74, 6) is 0.608. The van der Waals surface area contributed by atoms with Gasteiger partial charge in [-0.1, -0.05) is 12.1 Å². The summed E-state index contributed by atoms with van der Waals surface area (Å²) in [6.07, 6.45) is 6.08. The minimum Gasteiger partial charge on any atom is -0.449 e. The maximum absolute atomic E-state index is 12.6. The van der Waals surface area contributed by atoms with E-state index in [-0.39, 0.29) is 17.3 Å². The molecular formula is C20H20N4O4S. The van der Waals surface area contributed by atoms with Gasteiger partial charge in [-0.05, 0) is 30.2 Å². The Morgan fingerprint density at radius 1 is 1.21 bits per heavy atom. The summed E-state index contributed by atoms with van der Waals surface area (Å²) < 4.78 is 33.0. The number of nitrogens with zero attached hydrogens (tertiary/aromatic N) is 3. The number of sulfonamides is 1. The summed E-state index contributed by atoms with van der Waals surface area (Å²) >= 11 is 0. The van der Waals surface area contributed by atoms with Gasteiger partial charge in [-0.2, -0.15) is 0 Å². The van der Waals surface area contributed by atoms with Crippen LogP contribution < -0.4 is 9.62 Å². The Morgan fingerprint density at radius 3 is 2.66 bits per heavy atom. The summed E-state index contributed by atoms with van der Waals surface area (Å²) in [6.45, 7) is 2.48. The second kappa shape index (κ2) is 7.76. The summed E-state index contributed by atoms with van der Waals surface area (Å²) in [5.41, 5.74) is 2.80. The maximum atomic E-state index is 12.6. The third kappa shape index (κ3) is 4.20. The van der Waals surface area contributed by atoms with Crippen LogP contribution in [0.3, 0.4) is 0 Å². The highest BCUT2D eigenvalue weighted by Gasteiger charge is 2.22. The molecule has 0 bridgehead atoms. The third-order valence-electron chi connectivity index (χ3n) is 4.71. The molecule has 0 aliphatic carbocycles. The van der Waals surface area contributed by atoms with Gasteiger partial charge in [0.1, 0.15) is 12.0 Å². The molecular weight excluding hydrogens is 392 g/mol. The van der Waals surface area contributed by atoms with E-state index in [1.54, 1.807) is 42.4 Å². The number of anilines is 1. The van der Waals surface area contributed by atoms with Crippen molar-refractivity contribution >= 4 is 21.6 Å². The number of oxazole rings is 1. The molecule has 0 atom stereocenters. The summed E-state index contributed by atoms with van der Waals surface area (Å²) in [4.78, 5) is 22.1. The van der Waals surface area contributed by atoms with Gasteiger partial charge < -0.3 is 9.32 Å². The van der Waals surface area contributed by atoms with Gasteiger partial charge >= 0.3 is 0 Å². The lowest BCUT2D eigenvalue weighted by Crippen LogP contribution is -2.25. The predicted molar refractivity (Wildman–Crippen MR) is 107 cm³/mol. The fourth-order valence-corrected chi connectivity index (χ4v) is 4.22. The topological polar surface area (TPSA) is 105 Å². The van der Waals surface area contributed by atoms with E-state index in [1.165, 1.54) is 18.4 Å². The molecule has 0 spiro atoms. The fourth-order valence-electron chi connectivity index (χ4n) is 3.20. The molecule has 0 unspecified atom stereocenters. The van der Waals surface area contributed by atoms with E-state index in [2.05, 4.69) is 14.7 Å². The molecule has 1 amide bonds. The van der Waals surface area contributed by atoms with Crippen LogP contribution in [0.2, 0.25) is 0 Å². The van der Waals surface area contributed by atoms with Crippen molar-refractivity contribution < 1.29 is 17.6 Å². The van der Waals surface area contributed by atoms with E-state index in [0.29, 0.717) is 35.8 Å². The monoisotopic (exact) mass is 412 g/mol. The van der Waals surface area contributed by atoms with Gasteiger partial charge in [-0.15, -0.1) is 0 Å². The lowest BCUT2D eigenvalue weighted by molar-refractivity contribution is -0.117. The number of aryl methyl sites for hydroxylation is 1. The largest absolute Gasteiger partial charge is 0.449 e. The number of hydrogen-bond donors (Lipinski definition) is 1. The Labute approximate surface area is 168 Å². The Bertz CT molecular complexity index is 1140. The van der Waals surface area contributed by atoms with Crippen molar-refractivity contribution in [2.24, 2.45) is 0 Å². The van der Waals surface area contributed by atoms with Crippen LogP contribution in [0.15, 0.2) is 58.3 Å².